The summed E-state index contributed by atoms with van der Waals surface area (Å²) in [6.45, 7) is 4.07. The van der Waals surface area contributed by atoms with Crippen molar-refractivity contribution in [2.24, 2.45) is 11.8 Å². The summed E-state index contributed by atoms with van der Waals surface area (Å²) in [5, 5.41) is 9.10. The highest BCUT2D eigenvalue weighted by molar-refractivity contribution is 9.10. The predicted molar refractivity (Wildman–Crippen MR) is 66.2 cm³/mol. The number of aromatic nitrogens is 1. The molecule has 16 heavy (non-hydrogen) atoms. The van der Waals surface area contributed by atoms with Gasteiger partial charge < -0.3 is 5.11 Å². The van der Waals surface area contributed by atoms with Gasteiger partial charge in [-0.3, -0.25) is 9.78 Å². The third-order valence-corrected chi connectivity index (χ3v) is 2.82. The maximum absolute atomic E-state index is 11.1. The van der Waals surface area contributed by atoms with Gasteiger partial charge in [0.15, 0.2) is 0 Å². The normalized spacial score (nSPS) is 12.8. The van der Waals surface area contributed by atoms with Gasteiger partial charge in [-0.2, -0.15) is 0 Å². The number of aliphatic carboxylic acids is 1. The number of hydrogen-bond donors (Lipinski definition) is 1. The zero-order valence-corrected chi connectivity index (χ0v) is 11.1. The lowest BCUT2D eigenvalue weighted by atomic mass is 9.93. The van der Waals surface area contributed by atoms with Crippen LogP contribution in [0.4, 0.5) is 0 Å². The van der Waals surface area contributed by atoms with E-state index in [-0.39, 0.29) is 5.92 Å². The maximum Gasteiger partial charge on any atom is 0.306 e. The number of hydrogen-bond acceptors (Lipinski definition) is 2. The molecule has 0 aromatic carbocycles. The van der Waals surface area contributed by atoms with Gasteiger partial charge in [0.25, 0.3) is 0 Å². The van der Waals surface area contributed by atoms with Gasteiger partial charge in [-0.25, -0.2) is 0 Å². The van der Waals surface area contributed by atoms with Crippen LogP contribution in [-0.4, -0.2) is 16.1 Å². The van der Waals surface area contributed by atoms with Gasteiger partial charge in [0, 0.05) is 22.8 Å². The zero-order valence-electron chi connectivity index (χ0n) is 9.48. The highest BCUT2D eigenvalue weighted by Crippen LogP contribution is 2.17. The molecule has 0 bridgehead atoms. The number of carboxylic acids is 1. The Kier molecular flexibility index (Phi) is 4.93. The van der Waals surface area contributed by atoms with Gasteiger partial charge in [-0.05, 0) is 40.4 Å². The minimum absolute atomic E-state index is 0.339. The van der Waals surface area contributed by atoms with Crippen LogP contribution in [0.5, 0.6) is 0 Å². The van der Waals surface area contributed by atoms with Crippen molar-refractivity contribution in [2.75, 3.05) is 0 Å². The van der Waals surface area contributed by atoms with Gasteiger partial charge in [-0.1, -0.05) is 13.8 Å². The Morgan fingerprint density at radius 3 is 2.62 bits per heavy atom. The Hall–Kier alpha value is -0.900. The molecule has 1 aromatic heterocycles. The van der Waals surface area contributed by atoms with E-state index >= 15 is 0 Å². The zero-order chi connectivity index (χ0) is 12.1. The molecule has 88 valence electrons. The van der Waals surface area contributed by atoms with E-state index in [1.807, 2.05) is 26.0 Å². The number of halogens is 1. The van der Waals surface area contributed by atoms with Crippen molar-refractivity contribution in [1.82, 2.24) is 4.98 Å². The second-order valence-electron chi connectivity index (χ2n) is 4.34. The highest BCUT2D eigenvalue weighted by atomic mass is 79.9. The second-order valence-corrected chi connectivity index (χ2v) is 5.25. The van der Waals surface area contributed by atoms with Crippen molar-refractivity contribution >= 4 is 21.9 Å². The van der Waals surface area contributed by atoms with Crippen molar-refractivity contribution in [3.05, 3.63) is 28.5 Å². The first kappa shape index (κ1) is 13.2. The fourth-order valence-electron chi connectivity index (χ4n) is 1.62. The molecule has 4 heteroatoms. The number of nitrogens with zero attached hydrogens (tertiary/aromatic N) is 1. The molecule has 0 aliphatic heterocycles. The summed E-state index contributed by atoms with van der Waals surface area (Å²) in [7, 11) is 0. The number of pyridine rings is 1. The van der Waals surface area contributed by atoms with Crippen LogP contribution in [0.1, 0.15) is 26.0 Å². The van der Waals surface area contributed by atoms with Gasteiger partial charge in [0.2, 0.25) is 0 Å². The Morgan fingerprint density at radius 2 is 2.19 bits per heavy atom. The molecule has 1 atom stereocenters. The molecule has 1 heterocycles. The summed E-state index contributed by atoms with van der Waals surface area (Å²) in [6.07, 6.45) is 2.89. The summed E-state index contributed by atoms with van der Waals surface area (Å²) in [4.78, 5) is 15.3. The minimum atomic E-state index is -0.738. The van der Waals surface area contributed by atoms with E-state index in [9.17, 15) is 4.79 Å². The van der Waals surface area contributed by atoms with Gasteiger partial charge in [0.05, 0.1) is 5.92 Å². The average molecular weight is 286 g/mol. The summed E-state index contributed by atoms with van der Waals surface area (Å²) >= 11 is 3.30. The van der Waals surface area contributed by atoms with Crippen LogP contribution < -0.4 is 0 Å². The Labute approximate surface area is 104 Å². The number of carboxylic acid groups (broad SMARTS) is 1. The molecule has 0 saturated carbocycles. The van der Waals surface area contributed by atoms with Crippen molar-refractivity contribution in [3.8, 4) is 0 Å². The average Bonchev–Trinajstić information content (AvgIpc) is 2.19. The molecular formula is C12H16BrNO2. The van der Waals surface area contributed by atoms with Gasteiger partial charge >= 0.3 is 5.97 Å². The molecular weight excluding hydrogens is 270 g/mol. The quantitative estimate of drug-likeness (QED) is 0.904. The first-order chi connectivity index (χ1) is 7.49. The Bertz CT molecular complexity index is 349. The van der Waals surface area contributed by atoms with E-state index in [4.69, 9.17) is 5.11 Å². The molecule has 0 saturated heterocycles. The molecule has 1 N–H and O–H groups in total. The second kappa shape index (κ2) is 5.99. The summed E-state index contributed by atoms with van der Waals surface area (Å²) in [5.74, 6) is -0.691. The number of carbonyl (C=O) groups is 1. The van der Waals surface area contributed by atoms with Gasteiger partial charge in [0.1, 0.15) is 0 Å². The number of rotatable bonds is 5. The molecule has 0 fully saturated rings. The fourth-order valence-corrected chi connectivity index (χ4v) is 1.85. The van der Waals surface area contributed by atoms with Crippen LogP contribution in [0.15, 0.2) is 22.8 Å². The molecule has 0 spiro atoms. The van der Waals surface area contributed by atoms with Crippen LogP contribution in [0.3, 0.4) is 0 Å². The monoisotopic (exact) mass is 285 g/mol. The van der Waals surface area contributed by atoms with Crippen LogP contribution >= 0.6 is 15.9 Å². The van der Waals surface area contributed by atoms with E-state index < -0.39 is 5.97 Å². The lowest BCUT2D eigenvalue weighted by Crippen LogP contribution is -2.19. The Balaban J connectivity index is 2.68. The third kappa shape index (κ3) is 4.31. The van der Waals surface area contributed by atoms with Crippen LogP contribution in [0, 0.1) is 11.8 Å². The maximum atomic E-state index is 11.1. The standard InChI is InChI=1S/C12H16BrNO2/c1-8(2)5-9(12(15)16)6-11-4-3-10(13)7-14-11/h3-4,7-9H,5-6H2,1-2H3,(H,15,16). The molecule has 1 unspecified atom stereocenters. The van der Waals surface area contributed by atoms with E-state index in [0.717, 1.165) is 10.2 Å². The van der Waals surface area contributed by atoms with Crippen LogP contribution in [-0.2, 0) is 11.2 Å². The first-order valence-corrected chi connectivity index (χ1v) is 6.11. The SMILES string of the molecule is CC(C)CC(Cc1ccc(Br)cn1)C(=O)O. The predicted octanol–water partition coefficient (Wildman–Crippen LogP) is 3.13. The lowest BCUT2D eigenvalue weighted by molar-refractivity contribution is -0.142. The minimum Gasteiger partial charge on any atom is -0.481 e. The third-order valence-electron chi connectivity index (χ3n) is 2.35. The molecule has 0 aliphatic rings. The molecule has 0 aliphatic carbocycles. The van der Waals surface area contributed by atoms with E-state index in [2.05, 4.69) is 20.9 Å². The Morgan fingerprint density at radius 1 is 1.50 bits per heavy atom. The molecule has 1 aromatic rings. The van der Waals surface area contributed by atoms with E-state index in [1.54, 1.807) is 6.20 Å². The van der Waals surface area contributed by atoms with Crippen molar-refractivity contribution < 1.29 is 9.90 Å². The van der Waals surface area contributed by atoms with Crippen molar-refractivity contribution in [1.29, 1.82) is 0 Å². The van der Waals surface area contributed by atoms with Crippen molar-refractivity contribution in [3.63, 3.8) is 0 Å². The summed E-state index contributed by atoms with van der Waals surface area (Å²) < 4.78 is 0.909. The molecule has 3 nitrogen and oxygen atoms in total. The molecule has 1 rings (SSSR count). The van der Waals surface area contributed by atoms with Crippen LogP contribution in [0.25, 0.3) is 0 Å². The topological polar surface area (TPSA) is 50.2 Å². The first-order valence-electron chi connectivity index (χ1n) is 5.32. The molecule has 0 amide bonds. The van der Waals surface area contributed by atoms with E-state index in [1.165, 1.54) is 0 Å². The van der Waals surface area contributed by atoms with E-state index in [0.29, 0.717) is 18.8 Å². The summed E-state index contributed by atoms with van der Waals surface area (Å²) in [5.41, 5.74) is 0.830. The lowest BCUT2D eigenvalue weighted by Gasteiger charge is -2.13. The molecule has 0 radical (unpaired) electrons. The smallest absolute Gasteiger partial charge is 0.306 e. The summed E-state index contributed by atoms with van der Waals surface area (Å²) in [6, 6.07) is 3.75. The van der Waals surface area contributed by atoms with Crippen molar-refractivity contribution in [2.45, 2.75) is 26.7 Å². The highest BCUT2D eigenvalue weighted by Gasteiger charge is 2.19. The largest absolute Gasteiger partial charge is 0.481 e. The van der Waals surface area contributed by atoms with Crippen LogP contribution in [0.2, 0.25) is 0 Å². The van der Waals surface area contributed by atoms with Gasteiger partial charge in [-0.15, -0.1) is 0 Å². The fraction of sp³-hybridized carbons (Fsp3) is 0.500.